The zero-order valence-corrected chi connectivity index (χ0v) is 11.6. The van der Waals surface area contributed by atoms with E-state index in [-0.39, 0.29) is 16.6 Å². The van der Waals surface area contributed by atoms with Crippen LogP contribution in [0.2, 0.25) is 0 Å². The largest absolute Gasteiger partial charge is 0.306 e. The first kappa shape index (κ1) is 13.0. The molecule has 0 aliphatic carbocycles. The standard InChI is InChI=1S/C13H28N2/c1-11(2,3)15-9-8-12(4,5)14-13(6,7)10-15/h14H,8-10H2,1-7H3. The highest BCUT2D eigenvalue weighted by Gasteiger charge is 2.36. The van der Waals surface area contributed by atoms with Gasteiger partial charge in [-0.3, -0.25) is 4.90 Å². The normalized spacial score (nSPS) is 27.4. The summed E-state index contributed by atoms with van der Waals surface area (Å²) in [5.74, 6) is 0. The first-order chi connectivity index (χ1) is 6.52. The summed E-state index contributed by atoms with van der Waals surface area (Å²) in [7, 11) is 0. The van der Waals surface area contributed by atoms with E-state index in [0.717, 1.165) is 6.54 Å². The molecule has 2 heteroatoms. The molecule has 2 nitrogen and oxygen atoms in total. The number of hydrogen-bond donors (Lipinski definition) is 1. The molecule has 0 atom stereocenters. The Labute approximate surface area is 95.4 Å². The van der Waals surface area contributed by atoms with Gasteiger partial charge in [-0.15, -0.1) is 0 Å². The van der Waals surface area contributed by atoms with Gasteiger partial charge in [0.2, 0.25) is 0 Å². The molecule has 0 aromatic carbocycles. The summed E-state index contributed by atoms with van der Waals surface area (Å²) < 4.78 is 0. The molecule has 0 saturated carbocycles. The van der Waals surface area contributed by atoms with Crippen LogP contribution in [0.15, 0.2) is 0 Å². The fourth-order valence-corrected chi connectivity index (χ4v) is 2.56. The smallest absolute Gasteiger partial charge is 0.0257 e. The average Bonchev–Trinajstić information content (AvgIpc) is 2.02. The lowest BCUT2D eigenvalue weighted by Gasteiger charge is -2.39. The Bertz CT molecular complexity index is 223. The van der Waals surface area contributed by atoms with E-state index in [0.29, 0.717) is 0 Å². The topological polar surface area (TPSA) is 15.3 Å². The van der Waals surface area contributed by atoms with E-state index in [9.17, 15) is 0 Å². The molecule has 1 rings (SSSR count). The van der Waals surface area contributed by atoms with E-state index < -0.39 is 0 Å². The predicted octanol–water partition coefficient (Wildman–Crippen LogP) is 2.64. The van der Waals surface area contributed by atoms with Crippen molar-refractivity contribution in [1.29, 1.82) is 0 Å². The summed E-state index contributed by atoms with van der Waals surface area (Å²) in [6, 6.07) is 0. The first-order valence-electron chi connectivity index (χ1n) is 6.06. The van der Waals surface area contributed by atoms with Gasteiger partial charge >= 0.3 is 0 Å². The highest BCUT2D eigenvalue weighted by molar-refractivity contribution is 4.96. The van der Waals surface area contributed by atoms with Crippen molar-refractivity contribution >= 4 is 0 Å². The zero-order valence-electron chi connectivity index (χ0n) is 11.6. The number of rotatable bonds is 0. The second-order valence-corrected chi connectivity index (χ2v) is 7.24. The van der Waals surface area contributed by atoms with Crippen LogP contribution in [0.3, 0.4) is 0 Å². The Balaban J connectivity index is 2.83. The van der Waals surface area contributed by atoms with E-state index in [4.69, 9.17) is 0 Å². The van der Waals surface area contributed by atoms with Crippen molar-refractivity contribution in [3.8, 4) is 0 Å². The first-order valence-corrected chi connectivity index (χ1v) is 6.06. The molecule has 1 N–H and O–H groups in total. The van der Waals surface area contributed by atoms with Gasteiger partial charge in [0.05, 0.1) is 0 Å². The minimum Gasteiger partial charge on any atom is -0.306 e. The number of nitrogens with one attached hydrogen (secondary N) is 1. The predicted molar refractivity (Wildman–Crippen MR) is 67.2 cm³/mol. The van der Waals surface area contributed by atoms with E-state index in [1.807, 2.05) is 0 Å². The maximum atomic E-state index is 3.75. The van der Waals surface area contributed by atoms with Gasteiger partial charge in [0.25, 0.3) is 0 Å². The Hall–Kier alpha value is -0.0800. The van der Waals surface area contributed by atoms with Crippen molar-refractivity contribution in [1.82, 2.24) is 10.2 Å². The molecule has 1 aliphatic rings. The highest BCUT2D eigenvalue weighted by atomic mass is 15.2. The van der Waals surface area contributed by atoms with Crippen molar-refractivity contribution in [2.75, 3.05) is 13.1 Å². The SMILES string of the molecule is CC1(C)CCN(C(C)(C)C)CC(C)(C)N1. The molecule has 0 unspecified atom stereocenters. The van der Waals surface area contributed by atoms with Gasteiger partial charge in [0.15, 0.2) is 0 Å². The second-order valence-electron chi connectivity index (χ2n) is 7.24. The molecule has 1 aliphatic heterocycles. The molecule has 1 saturated heterocycles. The molecule has 0 amide bonds. The third kappa shape index (κ3) is 3.76. The summed E-state index contributed by atoms with van der Waals surface area (Å²) in [6.45, 7) is 18.5. The molecular weight excluding hydrogens is 184 g/mol. The van der Waals surface area contributed by atoms with Crippen molar-refractivity contribution in [2.24, 2.45) is 0 Å². The zero-order chi connectivity index (χ0) is 11.9. The van der Waals surface area contributed by atoms with E-state index in [1.165, 1.54) is 13.0 Å². The minimum atomic E-state index is 0.202. The summed E-state index contributed by atoms with van der Waals surface area (Å²) in [6.07, 6.45) is 1.22. The van der Waals surface area contributed by atoms with Crippen LogP contribution < -0.4 is 5.32 Å². The van der Waals surface area contributed by atoms with Gasteiger partial charge in [0.1, 0.15) is 0 Å². The van der Waals surface area contributed by atoms with Crippen LogP contribution in [0.4, 0.5) is 0 Å². The number of nitrogens with zero attached hydrogens (tertiary/aromatic N) is 1. The van der Waals surface area contributed by atoms with Crippen LogP contribution in [0.25, 0.3) is 0 Å². The van der Waals surface area contributed by atoms with E-state index in [2.05, 4.69) is 58.7 Å². The van der Waals surface area contributed by atoms with Crippen LogP contribution in [-0.2, 0) is 0 Å². The summed E-state index contributed by atoms with van der Waals surface area (Å²) in [5.41, 5.74) is 0.732. The Kier molecular flexibility index (Phi) is 3.24. The van der Waals surface area contributed by atoms with Crippen LogP contribution in [-0.4, -0.2) is 34.6 Å². The van der Waals surface area contributed by atoms with Gasteiger partial charge in [-0.25, -0.2) is 0 Å². The lowest BCUT2D eigenvalue weighted by molar-refractivity contribution is 0.117. The van der Waals surface area contributed by atoms with E-state index in [1.54, 1.807) is 0 Å². The van der Waals surface area contributed by atoms with Crippen molar-refractivity contribution in [2.45, 2.75) is 71.5 Å². The van der Waals surface area contributed by atoms with Crippen LogP contribution in [0.1, 0.15) is 54.9 Å². The van der Waals surface area contributed by atoms with Gasteiger partial charge < -0.3 is 5.32 Å². The monoisotopic (exact) mass is 212 g/mol. The fourth-order valence-electron chi connectivity index (χ4n) is 2.56. The quantitative estimate of drug-likeness (QED) is 0.664. The maximum absolute atomic E-state index is 3.75. The minimum absolute atomic E-state index is 0.202. The second kappa shape index (κ2) is 3.74. The van der Waals surface area contributed by atoms with Crippen LogP contribution >= 0.6 is 0 Å². The molecule has 1 fully saturated rings. The summed E-state index contributed by atoms with van der Waals surface area (Å²) in [5, 5.41) is 3.75. The van der Waals surface area contributed by atoms with Gasteiger partial charge in [-0.05, 0) is 54.9 Å². The highest BCUT2D eigenvalue weighted by Crippen LogP contribution is 2.25. The molecule has 0 spiro atoms. The molecule has 1 heterocycles. The fraction of sp³-hybridized carbons (Fsp3) is 1.00. The molecular formula is C13H28N2. The summed E-state index contributed by atoms with van der Waals surface area (Å²) >= 11 is 0. The van der Waals surface area contributed by atoms with Gasteiger partial charge in [0, 0.05) is 29.7 Å². The molecule has 0 aromatic heterocycles. The average molecular weight is 212 g/mol. The molecule has 0 aromatic rings. The maximum Gasteiger partial charge on any atom is 0.0257 e. The van der Waals surface area contributed by atoms with Gasteiger partial charge in [-0.1, -0.05) is 0 Å². The summed E-state index contributed by atoms with van der Waals surface area (Å²) in [4.78, 5) is 2.59. The molecule has 0 bridgehead atoms. The Morgan fingerprint density at radius 3 is 2.00 bits per heavy atom. The van der Waals surface area contributed by atoms with Crippen molar-refractivity contribution in [3.05, 3.63) is 0 Å². The number of hydrogen-bond acceptors (Lipinski definition) is 2. The Morgan fingerprint density at radius 1 is 1.00 bits per heavy atom. The van der Waals surface area contributed by atoms with Crippen LogP contribution in [0.5, 0.6) is 0 Å². The van der Waals surface area contributed by atoms with Crippen molar-refractivity contribution < 1.29 is 0 Å². The van der Waals surface area contributed by atoms with E-state index >= 15 is 0 Å². The third-order valence-electron chi connectivity index (χ3n) is 3.22. The third-order valence-corrected chi connectivity index (χ3v) is 3.22. The lowest BCUT2D eigenvalue weighted by atomic mass is 9.96. The van der Waals surface area contributed by atoms with Gasteiger partial charge in [-0.2, -0.15) is 0 Å². The van der Waals surface area contributed by atoms with Crippen LogP contribution in [0, 0.1) is 0 Å². The lowest BCUT2D eigenvalue weighted by Crippen LogP contribution is -2.55. The Morgan fingerprint density at radius 2 is 1.53 bits per heavy atom. The molecule has 90 valence electrons. The van der Waals surface area contributed by atoms with Crippen molar-refractivity contribution in [3.63, 3.8) is 0 Å². The molecule has 0 radical (unpaired) electrons. The molecule has 15 heavy (non-hydrogen) atoms.